The van der Waals surface area contributed by atoms with E-state index in [2.05, 4.69) is 30.2 Å². The summed E-state index contributed by atoms with van der Waals surface area (Å²) in [6, 6.07) is 4.63. The fraction of sp³-hybridized carbons (Fsp3) is 0.615. The molecule has 3 heteroatoms. The molecule has 2 unspecified atom stereocenters. The van der Waals surface area contributed by atoms with E-state index in [0.717, 1.165) is 26.0 Å². The minimum absolute atomic E-state index is 0.328. The maximum absolute atomic E-state index is 5.53. The van der Waals surface area contributed by atoms with Crippen molar-refractivity contribution in [3.05, 3.63) is 29.6 Å². The Kier molecular flexibility index (Phi) is 3.91. The summed E-state index contributed by atoms with van der Waals surface area (Å²) >= 11 is 0. The van der Waals surface area contributed by atoms with Gasteiger partial charge in [-0.2, -0.15) is 0 Å². The quantitative estimate of drug-likeness (QED) is 0.841. The average molecular weight is 220 g/mol. The van der Waals surface area contributed by atoms with Crippen LogP contribution in [0.3, 0.4) is 0 Å². The smallest absolute Gasteiger partial charge is 0.0700 e. The molecule has 2 rings (SSSR count). The normalized spacial score (nSPS) is 24.9. The third-order valence-corrected chi connectivity index (χ3v) is 3.27. The van der Waals surface area contributed by atoms with Crippen molar-refractivity contribution in [1.29, 1.82) is 0 Å². The maximum Gasteiger partial charge on any atom is 0.0700 e. The van der Waals surface area contributed by atoms with Gasteiger partial charge in [-0.05, 0) is 31.4 Å². The number of ether oxygens (including phenoxy) is 1. The Bertz CT molecular complexity index is 340. The van der Waals surface area contributed by atoms with Crippen molar-refractivity contribution in [3.63, 3.8) is 0 Å². The van der Waals surface area contributed by atoms with E-state index in [-0.39, 0.29) is 0 Å². The Labute approximate surface area is 97.2 Å². The molecule has 1 aliphatic rings. The molecule has 0 aliphatic carbocycles. The molecule has 1 saturated heterocycles. The van der Waals surface area contributed by atoms with Crippen molar-refractivity contribution in [2.75, 3.05) is 6.61 Å². The van der Waals surface area contributed by atoms with E-state index in [4.69, 9.17) is 4.74 Å². The zero-order valence-corrected chi connectivity index (χ0v) is 10.1. The second-order valence-corrected chi connectivity index (χ2v) is 4.31. The molecule has 2 heterocycles. The Morgan fingerprint density at radius 2 is 2.44 bits per heavy atom. The van der Waals surface area contributed by atoms with Crippen LogP contribution >= 0.6 is 0 Å². The SMILES string of the molecule is CCc1cccnc1CNC1CCOC1C. The molecule has 0 radical (unpaired) electrons. The van der Waals surface area contributed by atoms with Gasteiger partial charge in [0.05, 0.1) is 11.8 Å². The summed E-state index contributed by atoms with van der Waals surface area (Å²) < 4.78 is 5.53. The fourth-order valence-electron chi connectivity index (χ4n) is 2.18. The van der Waals surface area contributed by atoms with E-state index in [1.54, 1.807) is 0 Å². The van der Waals surface area contributed by atoms with E-state index in [1.165, 1.54) is 11.3 Å². The first-order valence-corrected chi connectivity index (χ1v) is 6.09. The summed E-state index contributed by atoms with van der Waals surface area (Å²) in [5.41, 5.74) is 2.51. The van der Waals surface area contributed by atoms with Gasteiger partial charge in [-0.3, -0.25) is 4.98 Å². The minimum atomic E-state index is 0.328. The fourth-order valence-corrected chi connectivity index (χ4v) is 2.18. The Balaban J connectivity index is 1.93. The zero-order valence-electron chi connectivity index (χ0n) is 10.1. The van der Waals surface area contributed by atoms with Crippen molar-refractivity contribution in [3.8, 4) is 0 Å². The van der Waals surface area contributed by atoms with Gasteiger partial charge in [-0.1, -0.05) is 13.0 Å². The van der Waals surface area contributed by atoms with Gasteiger partial charge in [0.15, 0.2) is 0 Å². The van der Waals surface area contributed by atoms with E-state index in [1.807, 2.05) is 12.3 Å². The van der Waals surface area contributed by atoms with Crippen LogP contribution in [0.25, 0.3) is 0 Å². The van der Waals surface area contributed by atoms with Gasteiger partial charge in [0.1, 0.15) is 0 Å². The molecule has 1 aromatic rings. The van der Waals surface area contributed by atoms with Crippen LogP contribution in [0.1, 0.15) is 31.5 Å². The van der Waals surface area contributed by atoms with Gasteiger partial charge >= 0.3 is 0 Å². The summed E-state index contributed by atoms with van der Waals surface area (Å²) in [7, 11) is 0. The van der Waals surface area contributed by atoms with Gasteiger partial charge in [-0.25, -0.2) is 0 Å². The van der Waals surface area contributed by atoms with Gasteiger partial charge < -0.3 is 10.1 Å². The summed E-state index contributed by atoms with van der Waals surface area (Å²) in [6.45, 7) is 6.02. The van der Waals surface area contributed by atoms with E-state index < -0.39 is 0 Å². The van der Waals surface area contributed by atoms with Crippen molar-refractivity contribution in [2.24, 2.45) is 0 Å². The number of aromatic nitrogens is 1. The van der Waals surface area contributed by atoms with Crippen LogP contribution < -0.4 is 5.32 Å². The number of aryl methyl sites for hydroxylation is 1. The van der Waals surface area contributed by atoms with E-state index in [0.29, 0.717) is 12.1 Å². The van der Waals surface area contributed by atoms with Crippen LogP contribution in [0.5, 0.6) is 0 Å². The number of hydrogen-bond acceptors (Lipinski definition) is 3. The highest BCUT2D eigenvalue weighted by Gasteiger charge is 2.23. The predicted octanol–water partition coefficient (Wildman–Crippen LogP) is 1.91. The van der Waals surface area contributed by atoms with Crippen LogP contribution in [0.2, 0.25) is 0 Å². The topological polar surface area (TPSA) is 34.2 Å². The minimum Gasteiger partial charge on any atom is -0.377 e. The van der Waals surface area contributed by atoms with Gasteiger partial charge in [0, 0.05) is 25.4 Å². The highest BCUT2D eigenvalue weighted by atomic mass is 16.5. The van der Waals surface area contributed by atoms with Crippen LogP contribution in [0.15, 0.2) is 18.3 Å². The number of pyridine rings is 1. The first kappa shape index (κ1) is 11.6. The third kappa shape index (κ3) is 2.60. The number of nitrogens with one attached hydrogen (secondary N) is 1. The Hall–Kier alpha value is -0.930. The highest BCUT2D eigenvalue weighted by Crippen LogP contribution is 2.14. The van der Waals surface area contributed by atoms with Crippen LogP contribution in [-0.2, 0) is 17.7 Å². The molecule has 16 heavy (non-hydrogen) atoms. The Morgan fingerprint density at radius 3 is 3.12 bits per heavy atom. The average Bonchev–Trinajstić information content (AvgIpc) is 2.72. The first-order chi connectivity index (χ1) is 7.81. The summed E-state index contributed by atoms with van der Waals surface area (Å²) in [4.78, 5) is 4.43. The molecule has 1 N–H and O–H groups in total. The molecule has 1 aliphatic heterocycles. The third-order valence-electron chi connectivity index (χ3n) is 3.27. The molecule has 0 bridgehead atoms. The molecule has 1 fully saturated rings. The lowest BCUT2D eigenvalue weighted by Gasteiger charge is -2.16. The lowest BCUT2D eigenvalue weighted by molar-refractivity contribution is 0.113. The second kappa shape index (κ2) is 5.41. The monoisotopic (exact) mass is 220 g/mol. The highest BCUT2D eigenvalue weighted by molar-refractivity contribution is 5.19. The summed E-state index contributed by atoms with van der Waals surface area (Å²) in [5.74, 6) is 0. The first-order valence-electron chi connectivity index (χ1n) is 6.09. The molecule has 88 valence electrons. The molecular formula is C13H20N2O. The van der Waals surface area contributed by atoms with Crippen molar-refractivity contribution < 1.29 is 4.74 Å². The van der Waals surface area contributed by atoms with Crippen LogP contribution in [-0.4, -0.2) is 23.7 Å². The molecule has 1 aromatic heterocycles. The number of hydrogen-bond donors (Lipinski definition) is 1. The van der Waals surface area contributed by atoms with E-state index in [9.17, 15) is 0 Å². The van der Waals surface area contributed by atoms with Crippen molar-refractivity contribution >= 4 is 0 Å². The molecule has 3 nitrogen and oxygen atoms in total. The van der Waals surface area contributed by atoms with Crippen molar-refractivity contribution in [1.82, 2.24) is 10.3 Å². The van der Waals surface area contributed by atoms with E-state index >= 15 is 0 Å². The molecule has 0 spiro atoms. The maximum atomic E-state index is 5.53. The lowest BCUT2D eigenvalue weighted by Crippen LogP contribution is -2.34. The van der Waals surface area contributed by atoms with Crippen molar-refractivity contribution in [2.45, 2.75) is 45.4 Å². The second-order valence-electron chi connectivity index (χ2n) is 4.31. The summed E-state index contributed by atoms with van der Waals surface area (Å²) in [6.07, 6.45) is 4.34. The summed E-state index contributed by atoms with van der Waals surface area (Å²) in [5, 5.41) is 3.53. The molecule has 0 aromatic carbocycles. The van der Waals surface area contributed by atoms with Gasteiger partial charge in [0.25, 0.3) is 0 Å². The molecular weight excluding hydrogens is 200 g/mol. The number of rotatable bonds is 4. The molecule has 2 atom stereocenters. The molecule has 0 amide bonds. The van der Waals surface area contributed by atoms with Crippen LogP contribution in [0, 0.1) is 0 Å². The van der Waals surface area contributed by atoms with Crippen LogP contribution in [0.4, 0.5) is 0 Å². The Morgan fingerprint density at radius 1 is 1.56 bits per heavy atom. The van der Waals surface area contributed by atoms with Gasteiger partial charge in [-0.15, -0.1) is 0 Å². The largest absolute Gasteiger partial charge is 0.377 e. The number of nitrogens with zero attached hydrogens (tertiary/aromatic N) is 1. The predicted molar refractivity (Wildman–Crippen MR) is 64.3 cm³/mol. The lowest BCUT2D eigenvalue weighted by atomic mass is 10.1. The molecule has 0 saturated carbocycles. The van der Waals surface area contributed by atoms with Gasteiger partial charge in [0.2, 0.25) is 0 Å². The standard InChI is InChI=1S/C13H20N2O/c1-3-11-5-4-7-14-13(11)9-15-12-6-8-16-10(12)2/h4-5,7,10,12,15H,3,6,8-9H2,1-2H3. The zero-order chi connectivity index (χ0) is 11.4.